The molecule has 110 valence electrons. The quantitative estimate of drug-likeness (QED) is 0.691. The van der Waals surface area contributed by atoms with Crippen molar-refractivity contribution in [2.24, 2.45) is 0 Å². The molecule has 2 nitrogen and oxygen atoms in total. The van der Waals surface area contributed by atoms with Gasteiger partial charge in [-0.1, -0.05) is 41.9 Å². The number of pyridine rings is 1. The van der Waals surface area contributed by atoms with Gasteiger partial charge < -0.3 is 0 Å². The predicted molar refractivity (Wildman–Crippen MR) is 92.5 cm³/mol. The molecule has 1 unspecified atom stereocenters. The van der Waals surface area contributed by atoms with Gasteiger partial charge in [0.1, 0.15) is 0 Å². The van der Waals surface area contributed by atoms with Gasteiger partial charge in [0.25, 0.3) is 0 Å². The summed E-state index contributed by atoms with van der Waals surface area (Å²) >= 11 is 6.09. The molecular weight excluding hydrogens is 314 g/mol. The van der Waals surface area contributed by atoms with Crippen LogP contribution in [0.15, 0.2) is 71.8 Å². The van der Waals surface area contributed by atoms with Gasteiger partial charge in [-0.15, -0.1) is 0 Å². The van der Waals surface area contributed by atoms with Gasteiger partial charge in [0.2, 0.25) is 0 Å². The van der Waals surface area contributed by atoms with Crippen molar-refractivity contribution in [1.82, 2.24) is 4.98 Å². The van der Waals surface area contributed by atoms with Crippen molar-refractivity contribution in [3.63, 3.8) is 0 Å². The molecule has 0 aliphatic heterocycles. The average molecular weight is 328 g/mol. The second kappa shape index (κ2) is 6.42. The lowest BCUT2D eigenvalue weighted by Crippen LogP contribution is -1.90. The van der Waals surface area contributed by atoms with Gasteiger partial charge in [0, 0.05) is 44.3 Å². The fraction of sp³-hybridized carbons (Fsp3) is 0.0556. The average Bonchev–Trinajstić information content (AvgIpc) is 2.55. The highest BCUT2D eigenvalue weighted by molar-refractivity contribution is 7.84. The lowest BCUT2D eigenvalue weighted by Gasteiger charge is -2.09. The molecule has 0 radical (unpaired) electrons. The Morgan fingerprint density at radius 1 is 0.955 bits per heavy atom. The zero-order valence-electron chi connectivity index (χ0n) is 12.0. The van der Waals surface area contributed by atoms with Gasteiger partial charge >= 0.3 is 0 Å². The number of halogens is 1. The monoisotopic (exact) mass is 327 g/mol. The summed E-state index contributed by atoms with van der Waals surface area (Å²) < 4.78 is 11.5. The number of hydrogen-bond donors (Lipinski definition) is 0. The molecule has 2 aromatic carbocycles. The van der Waals surface area contributed by atoms with E-state index in [9.17, 15) is 4.21 Å². The Balaban J connectivity index is 2.10. The van der Waals surface area contributed by atoms with Crippen molar-refractivity contribution in [3.05, 3.63) is 71.9 Å². The van der Waals surface area contributed by atoms with Crippen LogP contribution in [0, 0.1) is 0 Å². The Morgan fingerprint density at radius 3 is 2.41 bits per heavy atom. The summed E-state index contributed by atoms with van der Waals surface area (Å²) in [6.07, 6.45) is 3.45. The lowest BCUT2D eigenvalue weighted by molar-refractivity contribution is 0.687. The van der Waals surface area contributed by atoms with Gasteiger partial charge in [-0.3, -0.25) is 9.19 Å². The molecule has 1 atom stereocenters. The van der Waals surface area contributed by atoms with E-state index in [0.717, 1.165) is 27.3 Å². The first-order valence-corrected chi connectivity index (χ1v) is 8.73. The summed E-state index contributed by atoms with van der Waals surface area (Å²) in [6, 6.07) is 19.3. The second-order valence-electron chi connectivity index (χ2n) is 4.89. The summed E-state index contributed by atoms with van der Waals surface area (Å²) in [5.74, 6) is 0. The molecule has 1 aromatic heterocycles. The fourth-order valence-electron chi connectivity index (χ4n) is 2.33. The van der Waals surface area contributed by atoms with E-state index >= 15 is 0 Å². The molecule has 0 aliphatic rings. The minimum absolute atomic E-state index is 0.686. The summed E-state index contributed by atoms with van der Waals surface area (Å²) in [5, 5.41) is 0.686. The Bertz CT molecular complexity index is 831. The molecule has 4 heteroatoms. The molecule has 0 bridgehead atoms. The van der Waals surface area contributed by atoms with Crippen LogP contribution in [0.1, 0.15) is 0 Å². The third kappa shape index (κ3) is 3.11. The van der Waals surface area contributed by atoms with E-state index < -0.39 is 10.8 Å². The van der Waals surface area contributed by atoms with Gasteiger partial charge in [0.15, 0.2) is 0 Å². The van der Waals surface area contributed by atoms with Gasteiger partial charge in [-0.25, -0.2) is 0 Å². The van der Waals surface area contributed by atoms with E-state index in [1.807, 2.05) is 60.7 Å². The van der Waals surface area contributed by atoms with Crippen molar-refractivity contribution in [2.75, 3.05) is 6.26 Å². The SMILES string of the molecule is CS(=O)c1ccc(-c2cccnc2-c2cccc(Cl)c2)cc1. The first kappa shape index (κ1) is 14.9. The second-order valence-corrected chi connectivity index (χ2v) is 6.70. The van der Waals surface area contributed by atoms with E-state index in [2.05, 4.69) is 4.98 Å². The summed E-state index contributed by atoms with van der Waals surface area (Å²) in [4.78, 5) is 5.32. The molecule has 0 spiro atoms. The molecule has 0 saturated carbocycles. The number of aromatic nitrogens is 1. The van der Waals surface area contributed by atoms with Crippen LogP contribution in [0.2, 0.25) is 5.02 Å². The van der Waals surface area contributed by atoms with Crippen molar-refractivity contribution < 1.29 is 4.21 Å². The van der Waals surface area contributed by atoms with Crippen molar-refractivity contribution >= 4 is 22.4 Å². The molecule has 0 N–H and O–H groups in total. The molecule has 3 aromatic rings. The van der Waals surface area contributed by atoms with Crippen molar-refractivity contribution in [2.45, 2.75) is 4.90 Å². The molecule has 0 saturated heterocycles. The maximum absolute atomic E-state index is 11.5. The first-order chi connectivity index (χ1) is 10.6. The maximum atomic E-state index is 11.5. The highest BCUT2D eigenvalue weighted by atomic mass is 35.5. The van der Waals surface area contributed by atoms with Crippen LogP contribution in [0.3, 0.4) is 0 Å². The van der Waals surface area contributed by atoms with Crippen LogP contribution >= 0.6 is 11.6 Å². The lowest BCUT2D eigenvalue weighted by atomic mass is 9.99. The molecule has 3 rings (SSSR count). The fourth-order valence-corrected chi connectivity index (χ4v) is 3.04. The van der Waals surface area contributed by atoms with E-state index in [1.165, 1.54) is 0 Å². The van der Waals surface area contributed by atoms with Crippen LogP contribution in [-0.4, -0.2) is 15.4 Å². The zero-order chi connectivity index (χ0) is 15.5. The van der Waals surface area contributed by atoms with Crippen molar-refractivity contribution in [1.29, 1.82) is 0 Å². The summed E-state index contributed by atoms with van der Waals surface area (Å²) in [7, 11) is -0.971. The van der Waals surface area contributed by atoms with E-state index in [1.54, 1.807) is 12.5 Å². The topological polar surface area (TPSA) is 30.0 Å². The molecule has 0 fully saturated rings. The minimum Gasteiger partial charge on any atom is -0.256 e. The van der Waals surface area contributed by atoms with Crippen LogP contribution in [-0.2, 0) is 10.8 Å². The number of benzene rings is 2. The Hall–Kier alpha value is -1.97. The van der Waals surface area contributed by atoms with E-state index in [0.29, 0.717) is 5.02 Å². The zero-order valence-corrected chi connectivity index (χ0v) is 13.6. The van der Waals surface area contributed by atoms with E-state index in [-0.39, 0.29) is 0 Å². The Labute approximate surface area is 137 Å². The van der Waals surface area contributed by atoms with Crippen LogP contribution in [0.5, 0.6) is 0 Å². The molecule has 1 heterocycles. The first-order valence-electron chi connectivity index (χ1n) is 6.80. The van der Waals surface area contributed by atoms with Gasteiger partial charge in [-0.05, 0) is 35.9 Å². The highest BCUT2D eigenvalue weighted by Gasteiger charge is 2.09. The predicted octanol–water partition coefficient (Wildman–Crippen LogP) is 4.81. The standard InChI is InChI=1S/C18H14ClNOS/c1-22(21)16-9-7-13(8-10-16)17-6-3-11-20-18(17)14-4-2-5-15(19)12-14/h2-12H,1H3. The third-order valence-electron chi connectivity index (χ3n) is 3.40. The van der Waals surface area contributed by atoms with Crippen molar-refractivity contribution in [3.8, 4) is 22.4 Å². The molecular formula is C18H14ClNOS. The molecule has 0 aliphatic carbocycles. The Kier molecular flexibility index (Phi) is 4.36. The number of rotatable bonds is 3. The maximum Gasteiger partial charge on any atom is 0.0780 e. The normalized spacial score (nSPS) is 12.1. The van der Waals surface area contributed by atoms with Crippen LogP contribution < -0.4 is 0 Å². The number of hydrogen-bond acceptors (Lipinski definition) is 2. The minimum atomic E-state index is -0.971. The smallest absolute Gasteiger partial charge is 0.0780 e. The largest absolute Gasteiger partial charge is 0.256 e. The summed E-state index contributed by atoms with van der Waals surface area (Å²) in [6.45, 7) is 0. The number of nitrogens with zero attached hydrogens (tertiary/aromatic N) is 1. The van der Waals surface area contributed by atoms with Gasteiger partial charge in [-0.2, -0.15) is 0 Å². The highest BCUT2D eigenvalue weighted by Crippen LogP contribution is 2.31. The third-order valence-corrected chi connectivity index (χ3v) is 4.57. The molecule has 0 amide bonds. The Morgan fingerprint density at radius 2 is 1.73 bits per heavy atom. The summed E-state index contributed by atoms with van der Waals surface area (Å²) in [5.41, 5.74) is 3.93. The molecule has 22 heavy (non-hydrogen) atoms. The van der Waals surface area contributed by atoms with Gasteiger partial charge in [0.05, 0.1) is 5.69 Å². The van der Waals surface area contributed by atoms with Crippen LogP contribution in [0.4, 0.5) is 0 Å². The van der Waals surface area contributed by atoms with E-state index in [4.69, 9.17) is 11.6 Å². The van der Waals surface area contributed by atoms with Crippen LogP contribution in [0.25, 0.3) is 22.4 Å².